The maximum Gasteiger partial charge on any atom is 0.332 e. The van der Waals surface area contributed by atoms with Crippen LogP contribution < -0.4 is 5.32 Å². The van der Waals surface area contributed by atoms with Gasteiger partial charge in [0.1, 0.15) is 0 Å². The van der Waals surface area contributed by atoms with Crippen molar-refractivity contribution >= 4 is 11.9 Å². The van der Waals surface area contributed by atoms with Crippen LogP contribution in [-0.2, 0) is 16.1 Å². The Morgan fingerprint density at radius 3 is 2.33 bits per heavy atom. The van der Waals surface area contributed by atoms with Gasteiger partial charge in [0.05, 0.1) is 0 Å². The topological polar surface area (TPSA) is 66.4 Å². The van der Waals surface area contributed by atoms with Gasteiger partial charge >= 0.3 is 5.97 Å². The Hall–Kier alpha value is -2.88. The van der Waals surface area contributed by atoms with E-state index in [1.807, 2.05) is 54.6 Å². The van der Waals surface area contributed by atoms with Crippen molar-refractivity contribution in [3.63, 3.8) is 0 Å². The molecule has 2 N–H and O–H groups in total. The van der Waals surface area contributed by atoms with Gasteiger partial charge in [0, 0.05) is 17.7 Å². The summed E-state index contributed by atoms with van der Waals surface area (Å²) in [5, 5.41) is 12.0. The largest absolute Gasteiger partial charge is 0.478 e. The van der Waals surface area contributed by atoms with Gasteiger partial charge in [0.25, 0.3) is 0 Å². The first-order valence-corrected chi connectivity index (χ1v) is 8.03. The molecule has 0 unspecified atom stereocenters. The first kappa shape index (κ1) is 16.0. The SMILES string of the molecule is O=C(O)C1=C(C(=O)NCc2ccccc2-c2ccccc2)CCC1. The standard InChI is InChI=1S/C20H19NO3/c22-19(17-11-6-12-18(17)20(23)24)21-13-15-9-4-5-10-16(15)14-7-2-1-3-8-14/h1-5,7-10H,6,11-13H2,(H,21,22)(H,23,24). The van der Waals surface area contributed by atoms with Crippen molar-refractivity contribution in [2.75, 3.05) is 0 Å². The van der Waals surface area contributed by atoms with Gasteiger partial charge in [-0.3, -0.25) is 4.79 Å². The Morgan fingerprint density at radius 2 is 1.58 bits per heavy atom. The Morgan fingerprint density at radius 1 is 0.917 bits per heavy atom. The fraction of sp³-hybridized carbons (Fsp3) is 0.200. The smallest absolute Gasteiger partial charge is 0.332 e. The zero-order chi connectivity index (χ0) is 16.9. The number of rotatable bonds is 5. The van der Waals surface area contributed by atoms with Gasteiger partial charge < -0.3 is 10.4 Å². The lowest BCUT2D eigenvalue weighted by atomic mass is 9.99. The molecule has 0 radical (unpaired) electrons. The molecule has 0 atom stereocenters. The maximum absolute atomic E-state index is 12.3. The molecule has 0 bridgehead atoms. The monoisotopic (exact) mass is 321 g/mol. The molecule has 4 heteroatoms. The Kier molecular flexibility index (Phi) is 4.75. The lowest BCUT2D eigenvalue weighted by Gasteiger charge is -2.12. The van der Waals surface area contributed by atoms with Crippen molar-refractivity contribution in [2.24, 2.45) is 0 Å². The number of amides is 1. The van der Waals surface area contributed by atoms with Crippen molar-refractivity contribution < 1.29 is 14.7 Å². The van der Waals surface area contributed by atoms with Crippen molar-refractivity contribution in [3.05, 3.63) is 71.3 Å². The molecule has 4 nitrogen and oxygen atoms in total. The minimum Gasteiger partial charge on any atom is -0.478 e. The molecule has 2 aromatic rings. The van der Waals surface area contributed by atoms with Gasteiger partial charge in [0.2, 0.25) is 5.91 Å². The van der Waals surface area contributed by atoms with Gasteiger partial charge in [-0.1, -0.05) is 54.6 Å². The van der Waals surface area contributed by atoms with Gasteiger partial charge in [0.15, 0.2) is 0 Å². The third-order valence-electron chi connectivity index (χ3n) is 4.29. The molecular weight excluding hydrogens is 302 g/mol. The number of hydrogen-bond donors (Lipinski definition) is 2. The number of hydrogen-bond acceptors (Lipinski definition) is 2. The van der Waals surface area contributed by atoms with E-state index in [1.165, 1.54) is 0 Å². The number of carbonyl (C=O) groups is 2. The second kappa shape index (κ2) is 7.13. The molecule has 0 aromatic heterocycles. The summed E-state index contributed by atoms with van der Waals surface area (Å²) >= 11 is 0. The Bertz CT molecular complexity index is 794. The second-order valence-electron chi connectivity index (χ2n) is 5.82. The number of carboxylic acids is 1. The summed E-state index contributed by atoms with van der Waals surface area (Å²) in [6.45, 7) is 0.375. The molecule has 0 aliphatic heterocycles. The fourth-order valence-electron chi connectivity index (χ4n) is 3.09. The number of carbonyl (C=O) groups excluding carboxylic acids is 1. The van der Waals surface area contributed by atoms with E-state index in [1.54, 1.807) is 0 Å². The van der Waals surface area contributed by atoms with Crippen molar-refractivity contribution in [1.82, 2.24) is 5.32 Å². The number of nitrogens with one attached hydrogen (secondary N) is 1. The summed E-state index contributed by atoms with van der Waals surface area (Å²) in [5.74, 6) is -1.25. The molecule has 122 valence electrons. The fourth-order valence-corrected chi connectivity index (χ4v) is 3.09. The van der Waals surface area contributed by atoms with E-state index in [2.05, 4.69) is 5.32 Å². The Labute approximate surface area is 140 Å². The van der Waals surface area contributed by atoms with Crippen LogP contribution >= 0.6 is 0 Å². The molecule has 0 fully saturated rings. The lowest BCUT2D eigenvalue weighted by Crippen LogP contribution is -2.25. The van der Waals surface area contributed by atoms with Crippen LogP contribution in [0.15, 0.2) is 65.7 Å². The predicted molar refractivity (Wildman–Crippen MR) is 92.2 cm³/mol. The molecule has 0 saturated heterocycles. The molecule has 0 spiro atoms. The zero-order valence-corrected chi connectivity index (χ0v) is 13.3. The summed E-state index contributed by atoms with van der Waals surface area (Å²) < 4.78 is 0. The first-order chi connectivity index (χ1) is 11.7. The van der Waals surface area contributed by atoms with Crippen LogP contribution in [0.3, 0.4) is 0 Å². The van der Waals surface area contributed by atoms with Crippen LogP contribution in [0.2, 0.25) is 0 Å². The Balaban J connectivity index is 1.77. The highest BCUT2D eigenvalue weighted by atomic mass is 16.4. The molecule has 24 heavy (non-hydrogen) atoms. The first-order valence-electron chi connectivity index (χ1n) is 8.03. The van der Waals surface area contributed by atoms with E-state index >= 15 is 0 Å². The second-order valence-corrected chi connectivity index (χ2v) is 5.82. The maximum atomic E-state index is 12.3. The van der Waals surface area contributed by atoms with Crippen LogP contribution in [-0.4, -0.2) is 17.0 Å². The molecular formula is C20H19NO3. The average Bonchev–Trinajstić information content (AvgIpc) is 3.11. The van der Waals surface area contributed by atoms with E-state index in [-0.39, 0.29) is 11.5 Å². The van der Waals surface area contributed by atoms with Crippen molar-refractivity contribution in [2.45, 2.75) is 25.8 Å². The summed E-state index contributed by atoms with van der Waals surface area (Å²) in [6.07, 6.45) is 1.73. The summed E-state index contributed by atoms with van der Waals surface area (Å²) in [6, 6.07) is 17.9. The van der Waals surface area contributed by atoms with E-state index < -0.39 is 5.97 Å². The van der Waals surface area contributed by atoms with Gasteiger partial charge in [-0.25, -0.2) is 4.79 Å². The van der Waals surface area contributed by atoms with E-state index in [9.17, 15) is 14.7 Å². The van der Waals surface area contributed by atoms with Gasteiger partial charge in [-0.2, -0.15) is 0 Å². The third-order valence-corrected chi connectivity index (χ3v) is 4.29. The molecule has 3 rings (SSSR count). The molecule has 1 aliphatic carbocycles. The normalized spacial score (nSPS) is 13.8. The number of aliphatic carboxylic acids is 1. The summed E-state index contributed by atoms with van der Waals surface area (Å²) in [4.78, 5) is 23.5. The summed E-state index contributed by atoms with van der Waals surface area (Å²) in [5.41, 5.74) is 3.84. The molecule has 2 aromatic carbocycles. The number of carboxylic acid groups (broad SMARTS) is 1. The van der Waals surface area contributed by atoms with E-state index in [4.69, 9.17) is 0 Å². The quantitative estimate of drug-likeness (QED) is 0.885. The highest BCUT2D eigenvalue weighted by molar-refractivity contribution is 6.02. The van der Waals surface area contributed by atoms with Crippen molar-refractivity contribution in [1.29, 1.82) is 0 Å². The average molecular weight is 321 g/mol. The minimum absolute atomic E-state index is 0.254. The molecule has 0 heterocycles. The predicted octanol–water partition coefficient (Wildman–Crippen LogP) is 3.53. The van der Waals surface area contributed by atoms with Crippen LogP contribution in [0, 0.1) is 0 Å². The minimum atomic E-state index is -0.984. The van der Waals surface area contributed by atoms with Crippen LogP contribution in [0.25, 0.3) is 11.1 Å². The summed E-state index contributed by atoms with van der Waals surface area (Å²) in [7, 11) is 0. The highest BCUT2D eigenvalue weighted by Gasteiger charge is 2.25. The highest BCUT2D eigenvalue weighted by Crippen LogP contribution is 2.27. The third kappa shape index (κ3) is 3.38. The van der Waals surface area contributed by atoms with Gasteiger partial charge in [-0.15, -0.1) is 0 Å². The lowest BCUT2D eigenvalue weighted by molar-refractivity contribution is -0.133. The van der Waals surface area contributed by atoms with Crippen molar-refractivity contribution in [3.8, 4) is 11.1 Å². The molecule has 1 aliphatic rings. The molecule has 0 saturated carbocycles. The molecule has 1 amide bonds. The van der Waals surface area contributed by atoms with Gasteiger partial charge in [-0.05, 0) is 36.0 Å². The van der Waals surface area contributed by atoms with Crippen LogP contribution in [0.4, 0.5) is 0 Å². The van der Waals surface area contributed by atoms with E-state index in [0.717, 1.165) is 23.1 Å². The van der Waals surface area contributed by atoms with Crippen LogP contribution in [0.5, 0.6) is 0 Å². The van der Waals surface area contributed by atoms with E-state index in [0.29, 0.717) is 25.0 Å². The number of benzene rings is 2. The zero-order valence-electron chi connectivity index (χ0n) is 13.3. The van der Waals surface area contributed by atoms with Crippen LogP contribution in [0.1, 0.15) is 24.8 Å².